The summed E-state index contributed by atoms with van der Waals surface area (Å²) in [5, 5.41) is 3.59. The second-order valence-corrected chi connectivity index (χ2v) is 5.80. The van der Waals surface area contributed by atoms with Crippen LogP contribution in [0.25, 0.3) is 0 Å². The lowest BCUT2D eigenvalue weighted by Crippen LogP contribution is -2.50. The predicted octanol–water partition coefficient (Wildman–Crippen LogP) is 1.58. The zero-order chi connectivity index (χ0) is 11.1. The monoisotopic (exact) mass is 212 g/mol. The van der Waals surface area contributed by atoms with Gasteiger partial charge in [0.05, 0.1) is 6.61 Å². The Kier molecular flexibility index (Phi) is 3.06. The smallest absolute Gasteiger partial charge is 0.124 e. The quantitative estimate of drug-likeness (QED) is 0.752. The molecular weight excluding hydrogens is 188 g/mol. The molecule has 2 aliphatic rings. The number of hydrogen-bond donors (Lipinski definition) is 1. The van der Waals surface area contributed by atoms with Crippen molar-refractivity contribution >= 4 is 0 Å². The van der Waals surface area contributed by atoms with Crippen molar-refractivity contribution in [2.24, 2.45) is 0 Å². The first kappa shape index (κ1) is 11.4. The SMILES string of the molecule is CC(C)N1CCCC1C1NC(C)(C)CO1. The van der Waals surface area contributed by atoms with Crippen molar-refractivity contribution in [2.45, 2.75) is 64.4 Å². The summed E-state index contributed by atoms with van der Waals surface area (Å²) in [6.45, 7) is 11.0. The maximum Gasteiger partial charge on any atom is 0.124 e. The molecule has 0 spiro atoms. The first-order chi connectivity index (χ1) is 6.99. The van der Waals surface area contributed by atoms with Gasteiger partial charge >= 0.3 is 0 Å². The Hall–Kier alpha value is -0.120. The lowest BCUT2D eigenvalue weighted by Gasteiger charge is -2.32. The van der Waals surface area contributed by atoms with Crippen LogP contribution < -0.4 is 5.32 Å². The van der Waals surface area contributed by atoms with Gasteiger partial charge in [0.2, 0.25) is 0 Å². The van der Waals surface area contributed by atoms with Crippen molar-refractivity contribution in [2.75, 3.05) is 13.2 Å². The van der Waals surface area contributed by atoms with Crippen molar-refractivity contribution in [3.63, 3.8) is 0 Å². The molecule has 1 N–H and O–H groups in total. The van der Waals surface area contributed by atoms with Crippen LogP contribution in [0.3, 0.4) is 0 Å². The summed E-state index contributed by atoms with van der Waals surface area (Å²) < 4.78 is 5.88. The van der Waals surface area contributed by atoms with Crippen LogP contribution in [-0.4, -0.2) is 41.9 Å². The normalized spacial score (nSPS) is 36.6. The maximum atomic E-state index is 5.88. The standard InChI is InChI=1S/C12H24N2O/c1-9(2)14-7-5-6-10(14)11-13-12(3,4)8-15-11/h9-11,13H,5-8H2,1-4H3. The molecule has 0 aliphatic carbocycles. The zero-order valence-corrected chi connectivity index (χ0v) is 10.4. The molecule has 2 aliphatic heterocycles. The molecule has 3 nitrogen and oxygen atoms in total. The van der Waals surface area contributed by atoms with Gasteiger partial charge in [-0.2, -0.15) is 0 Å². The summed E-state index contributed by atoms with van der Waals surface area (Å²) in [5.74, 6) is 0. The topological polar surface area (TPSA) is 24.5 Å². The van der Waals surface area contributed by atoms with Crippen molar-refractivity contribution < 1.29 is 4.74 Å². The molecule has 3 heteroatoms. The van der Waals surface area contributed by atoms with E-state index in [1.807, 2.05) is 0 Å². The van der Waals surface area contributed by atoms with E-state index >= 15 is 0 Å². The first-order valence-electron chi connectivity index (χ1n) is 6.15. The highest BCUT2D eigenvalue weighted by Crippen LogP contribution is 2.27. The summed E-state index contributed by atoms with van der Waals surface area (Å²) in [4.78, 5) is 2.57. The molecule has 15 heavy (non-hydrogen) atoms. The minimum atomic E-state index is 0.149. The van der Waals surface area contributed by atoms with Crippen LogP contribution in [0.4, 0.5) is 0 Å². The highest BCUT2D eigenvalue weighted by Gasteiger charge is 2.40. The van der Waals surface area contributed by atoms with Crippen LogP contribution in [0.2, 0.25) is 0 Å². The van der Waals surface area contributed by atoms with Crippen molar-refractivity contribution in [3.8, 4) is 0 Å². The molecule has 88 valence electrons. The first-order valence-corrected chi connectivity index (χ1v) is 6.15. The minimum absolute atomic E-state index is 0.149. The molecule has 2 rings (SSSR count). The number of rotatable bonds is 2. The van der Waals surface area contributed by atoms with Crippen LogP contribution in [0.15, 0.2) is 0 Å². The zero-order valence-electron chi connectivity index (χ0n) is 10.4. The Labute approximate surface area is 93.2 Å². The number of nitrogens with zero attached hydrogens (tertiary/aromatic N) is 1. The van der Waals surface area contributed by atoms with Gasteiger partial charge in [-0.15, -0.1) is 0 Å². The average Bonchev–Trinajstić information content (AvgIpc) is 2.69. The lowest BCUT2D eigenvalue weighted by molar-refractivity contribution is 0.0209. The summed E-state index contributed by atoms with van der Waals surface area (Å²) in [6.07, 6.45) is 2.82. The highest BCUT2D eigenvalue weighted by atomic mass is 16.5. The van der Waals surface area contributed by atoms with Crippen LogP contribution >= 0.6 is 0 Å². The molecular formula is C12H24N2O. The van der Waals surface area contributed by atoms with Gasteiger partial charge in [0.15, 0.2) is 0 Å². The number of nitrogens with one attached hydrogen (secondary N) is 1. The molecule has 2 atom stereocenters. The molecule has 2 fully saturated rings. The van der Waals surface area contributed by atoms with Crippen molar-refractivity contribution in [1.29, 1.82) is 0 Å². The Morgan fingerprint density at radius 2 is 2.13 bits per heavy atom. The van der Waals surface area contributed by atoms with E-state index in [-0.39, 0.29) is 11.8 Å². The van der Waals surface area contributed by atoms with Crippen LogP contribution in [-0.2, 0) is 4.74 Å². The molecule has 2 heterocycles. The van der Waals surface area contributed by atoms with E-state index in [4.69, 9.17) is 4.74 Å². The van der Waals surface area contributed by atoms with E-state index in [0.717, 1.165) is 6.61 Å². The van der Waals surface area contributed by atoms with Crippen LogP contribution in [0.5, 0.6) is 0 Å². The molecule has 2 unspecified atom stereocenters. The van der Waals surface area contributed by atoms with Crippen LogP contribution in [0.1, 0.15) is 40.5 Å². The van der Waals surface area contributed by atoms with E-state index in [1.54, 1.807) is 0 Å². The predicted molar refractivity (Wildman–Crippen MR) is 61.8 cm³/mol. The maximum absolute atomic E-state index is 5.88. The highest BCUT2D eigenvalue weighted by molar-refractivity contribution is 4.94. The fourth-order valence-electron chi connectivity index (χ4n) is 2.75. The molecule has 0 radical (unpaired) electrons. The molecule has 2 saturated heterocycles. The van der Waals surface area contributed by atoms with Gasteiger partial charge in [0.25, 0.3) is 0 Å². The molecule has 0 aromatic heterocycles. The third-order valence-electron chi connectivity index (χ3n) is 3.51. The molecule has 0 aromatic rings. The van der Waals surface area contributed by atoms with Crippen molar-refractivity contribution in [3.05, 3.63) is 0 Å². The van der Waals surface area contributed by atoms with Gasteiger partial charge in [-0.05, 0) is 47.1 Å². The Bertz CT molecular complexity index is 228. The Balaban J connectivity index is 1.99. The van der Waals surface area contributed by atoms with Gasteiger partial charge in [0, 0.05) is 17.6 Å². The number of ether oxygens (including phenoxy) is 1. The minimum Gasteiger partial charge on any atom is -0.360 e. The van der Waals surface area contributed by atoms with E-state index in [1.165, 1.54) is 19.4 Å². The van der Waals surface area contributed by atoms with E-state index < -0.39 is 0 Å². The largest absolute Gasteiger partial charge is 0.360 e. The van der Waals surface area contributed by atoms with Crippen molar-refractivity contribution in [1.82, 2.24) is 10.2 Å². The van der Waals surface area contributed by atoms with E-state index in [2.05, 4.69) is 37.9 Å². The lowest BCUT2D eigenvalue weighted by atomic mass is 10.1. The van der Waals surface area contributed by atoms with Gasteiger partial charge in [-0.25, -0.2) is 0 Å². The molecule has 0 amide bonds. The fraction of sp³-hybridized carbons (Fsp3) is 1.00. The number of hydrogen-bond acceptors (Lipinski definition) is 3. The van der Waals surface area contributed by atoms with Gasteiger partial charge in [0.1, 0.15) is 6.23 Å². The third kappa shape index (κ3) is 2.35. The molecule has 0 aromatic carbocycles. The van der Waals surface area contributed by atoms with Gasteiger partial charge < -0.3 is 4.74 Å². The summed E-state index contributed by atoms with van der Waals surface area (Å²) in [7, 11) is 0. The second-order valence-electron chi connectivity index (χ2n) is 5.80. The second kappa shape index (κ2) is 4.04. The third-order valence-corrected chi connectivity index (χ3v) is 3.51. The molecule has 0 saturated carbocycles. The summed E-state index contributed by atoms with van der Waals surface area (Å²) in [6, 6.07) is 1.21. The van der Waals surface area contributed by atoms with Crippen LogP contribution in [0, 0.1) is 0 Å². The summed E-state index contributed by atoms with van der Waals surface area (Å²) in [5.41, 5.74) is 0.149. The average molecular weight is 212 g/mol. The van der Waals surface area contributed by atoms with E-state index in [9.17, 15) is 0 Å². The molecule has 0 bridgehead atoms. The number of likely N-dealkylation sites (tertiary alicyclic amines) is 1. The Morgan fingerprint density at radius 3 is 2.67 bits per heavy atom. The Morgan fingerprint density at radius 1 is 1.40 bits per heavy atom. The van der Waals surface area contributed by atoms with E-state index in [0.29, 0.717) is 12.1 Å². The van der Waals surface area contributed by atoms with Gasteiger partial charge in [-0.3, -0.25) is 10.2 Å². The summed E-state index contributed by atoms with van der Waals surface area (Å²) >= 11 is 0. The van der Waals surface area contributed by atoms with Gasteiger partial charge in [-0.1, -0.05) is 0 Å². The fourth-order valence-corrected chi connectivity index (χ4v) is 2.75.